The smallest absolute Gasteiger partial charge is 0.220 e. The minimum absolute atomic E-state index is 0.134. The second kappa shape index (κ2) is 5.69. The van der Waals surface area contributed by atoms with E-state index >= 15 is 0 Å². The van der Waals surface area contributed by atoms with Gasteiger partial charge >= 0.3 is 0 Å². The third kappa shape index (κ3) is 3.01. The summed E-state index contributed by atoms with van der Waals surface area (Å²) in [6.45, 7) is 8.22. The normalized spacial score (nSPS) is 27.8. The van der Waals surface area contributed by atoms with Crippen LogP contribution in [0.2, 0.25) is 0 Å². The van der Waals surface area contributed by atoms with E-state index in [9.17, 15) is 4.79 Å². The number of hydrogen-bond donors (Lipinski definition) is 2. The maximum Gasteiger partial charge on any atom is 0.220 e. The first-order chi connectivity index (χ1) is 10.8. The molecule has 1 unspecified atom stereocenters. The summed E-state index contributed by atoms with van der Waals surface area (Å²) in [6.07, 6.45) is 7.13. The Labute approximate surface area is 138 Å². The summed E-state index contributed by atoms with van der Waals surface area (Å²) < 4.78 is 0. The van der Waals surface area contributed by atoms with Crippen molar-refractivity contribution in [1.29, 1.82) is 5.41 Å². The zero-order chi connectivity index (χ0) is 16.8. The van der Waals surface area contributed by atoms with Crippen LogP contribution in [-0.4, -0.2) is 47.1 Å². The molecule has 1 heterocycles. The predicted octanol–water partition coefficient (Wildman–Crippen LogP) is 2.11. The molecule has 2 aliphatic carbocycles. The molecule has 0 aromatic rings. The van der Waals surface area contributed by atoms with Crippen LogP contribution in [0.25, 0.3) is 0 Å². The van der Waals surface area contributed by atoms with Crippen LogP contribution in [0.5, 0.6) is 0 Å². The highest BCUT2D eigenvalue weighted by atomic mass is 16.2. The van der Waals surface area contributed by atoms with Crippen LogP contribution in [0.4, 0.5) is 0 Å². The number of amides is 1. The second-order valence-electron chi connectivity index (χ2n) is 7.74. The number of nitrogens with zero attached hydrogens (tertiary/aromatic N) is 2. The standard InChI is InChI=1S/C18H28N4O/c1-12(23)22-7-6-21(11-18(22,2)3)17-9-14(13-4-5-13)8-16(20)15(17)10-19/h8,10,13-14,19H,4-7,9,11,20H2,1-3H3. The molecule has 0 aromatic carbocycles. The average Bonchev–Trinajstić information content (AvgIpc) is 3.29. The van der Waals surface area contributed by atoms with Gasteiger partial charge in [-0.1, -0.05) is 6.08 Å². The number of hydrogen-bond acceptors (Lipinski definition) is 4. The van der Waals surface area contributed by atoms with Crippen molar-refractivity contribution in [1.82, 2.24) is 9.80 Å². The zero-order valence-electron chi connectivity index (χ0n) is 14.4. The minimum Gasteiger partial charge on any atom is -0.398 e. The van der Waals surface area contributed by atoms with Crippen LogP contribution >= 0.6 is 0 Å². The molecule has 0 bridgehead atoms. The van der Waals surface area contributed by atoms with E-state index in [-0.39, 0.29) is 11.4 Å². The van der Waals surface area contributed by atoms with Crippen LogP contribution in [0, 0.1) is 17.2 Å². The third-order valence-corrected chi connectivity index (χ3v) is 5.48. The van der Waals surface area contributed by atoms with Crippen LogP contribution in [0.15, 0.2) is 23.0 Å². The number of carbonyl (C=O) groups is 1. The highest BCUT2D eigenvalue weighted by Crippen LogP contribution is 2.44. The van der Waals surface area contributed by atoms with Gasteiger partial charge in [0.15, 0.2) is 0 Å². The largest absolute Gasteiger partial charge is 0.398 e. The Bertz CT molecular complexity index is 586. The van der Waals surface area contributed by atoms with Gasteiger partial charge < -0.3 is 20.9 Å². The van der Waals surface area contributed by atoms with Crippen molar-refractivity contribution in [2.75, 3.05) is 19.6 Å². The van der Waals surface area contributed by atoms with E-state index in [4.69, 9.17) is 11.1 Å². The highest BCUT2D eigenvalue weighted by Gasteiger charge is 2.39. The average molecular weight is 316 g/mol. The number of nitrogens with one attached hydrogen (secondary N) is 1. The molecule has 0 aromatic heterocycles. The van der Waals surface area contributed by atoms with Crippen LogP contribution in [0.3, 0.4) is 0 Å². The Morgan fingerprint density at radius 2 is 2.09 bits per heavy atom. The van der Waals surface area contributed by atoms with E-state index in [0.717, 1.165) is 43.2 Å². The zero-order valence-corrected chi connectivity index (χ0v) is 14.4. The van der Waals surface area contributed by atoms with Crippen molar-refractivity contribution < 1.29 is 4.79 Å². The van der Waals surface area contributed by atoms with Gasteiger partial charge in [-0.2, -0.15) is 0 Å². The molecule has 3 N–H and O–H groups in total. The molecule has 1 saturated heterocycles. The molecule has 1 amide bonds. The molecule has 1 saturated carbocycles. The summed E-state index contributed by atoms with van der Waals surface area (Å²) in [5, 5.41) is 7.78. The van der Waals surface area contributed by atoms with Crippen LogP contribution < -0.4 is 5.73 Å². The molecule has 3 rings (SSSR count). The van der Waals surface area contributed by atoms with E-state index in [1.807, 2.05) is 4.90 Å². The van der Waals surface area contributed by atoms with Crippen LogP contribution in [-0.2, 0) is 4.79 Å². The molecule has 5 nitrogen and oxygen atoms in total. The summed E-state index contributed by atoms with van der Waals surface area (Å²) in [5.41, 5.74) is 8.87. The summed E-state index contributed by atoms with van der Waals surface area (Å²) in [5.74, 6) is 1.42. The van der Waals surface area contributed by atoms with E-state index in [2.05, 4.69) is 24.8 Å². The number of rotatable bonds is 3. The van der Waals surface area contributed by atoms with Crippen molar-refractivity contribution in [2.24, 2.45) is 17.6 Å². The number of piperazine rings is 1. The summed E-state index contributed by atoms with van der Waals surface area (Å²) in [6, 6.07) is 0. The third-order valence-electron chi connectivity index (χ3n) is 5.48. The van der Waals surface area contributed by atoms with Crippen LogP contribution in [0.1, 0.15) is 40.0 Å². The summed E-state index contributed by atoms with van der Waals surface area (Å²) >= 11 is 0. The van der Waals surface area contributed by atoms with Gasteiger partial charge in [0.25, 0.3) is 0 Å². The molecule has 0 spiro atoms. The maximum absolute atomic E-state index is 11.8. The molecule has 5 heteroatoms. The molecule has 3 aliphatic rings. The summed E-state index contributed by atoms with van der Waals surface area (Å²) in [7, 11) is 0. The second-order valence-corrected chi connectivity index (χ2v) is 7.74. The fourth-order valence-corrected chi connectivity index (χ4v) is 4.14. The van der Waals surface area contributed by atoms with E-state index < -0.39 is 0 Å². The lowest BCUT2D eigenvalue weighted by Crippen LogP contribution is -2.60. The van der Waals surface area contributed by atoms with Gasteiger partial charge in [-0.3, -0.25) is 4.79 Å². The molecule has 23 heavy (non-hydrogen) atoms. The van der Waals surface area contributed by atoms with Crippen molar-refractivity contribution in [3.63, 3.8) is 0 Å². The monoisotopic (exact) mass is 316 g/mol. The highest BCUT2D eigenvalue weighted by molar-refractivity contribution is 5.83. The van der Waals surface area contributed by atoms with Gasteiger partial charge in [0.2, 0.25) is 5.91 Å². The molecule has 1 aliphatic heterocycles. The fourth-order valence-electron chi connectivity index (χ4n) is 4.14. The van der Waals surface area contributed by atoms with Gasteiger partial charge in [-0.15, -0.1) is 0 Å². The van der Waals surface area contributed by atoms with Gasteiger partial charge in [0.1, 0.15) is 0 Å². The van der Waals surface area contributed by atoms with Crippen molar-refractivity contribution >= 4 is 12.1 Å². The lowest BCUT2D eigenvalue weighted by molar-refractivity contribution is -0.137. The Morgan fingerprint density at radius 3 is 2.61 bits per heavy atom. The predicted molar refractivity (Wildman–Crippen MR) is 92.0 cm³/mol. The Hall–Kier alpha value is -1.78. The molecular weight excluding hydrogens is 288 g/mol. The van der Waals surface area contributed by atoms with Gasteiger partial charge in [-0.25, -0.2) is 0 Å². The van der Waals surface area contributed by atoms with Gasteiger partial charge in [0, 0.05) is 49.7 Å². The fraction of sp³-hybridized carbons (Fsp3) is 0.667. The van der Waals surface area contributed by atoms with Gasteiger partial charge in [-0.05, 0) is 44.9 Å². The topological polar surface area (TPSA) is 73.4 Å². The first kappa shape index (κ1) is 16.1. The van der Waals surface area contributed by atoms with E-state index in [1.54, 1.807) is 6.92 Å². The van der Waals surface area contributed by atoms with Crippen molar-refractivity contribution in [3.8, 4) is 0 Å². The molecular formula is C18H28N4O. The lowest BCUT2D eigenvalue weighted by atomic mass is 9.86. The lowest BCUT2D eigenvalue weighted by Gasteiger charge is -2.49. The maximum atomic E-state index is 11.8. The Kier molecular flexibility index (Phi) is 3.98. The number of allylic oxidation sites excluding steroid dienone is 3. The van der Waals surface area contributed by atoms with Gasteiger partial charge in [0.05, 0.1) is 5.54 Å². The molecule has 126 valence electrons. The summed E-state index contributed by atoms with van der Waals surface area (Å²) in [4.78, 5) is 16.2. The molecule has 0 radical (unpaired) electrons. The quantitative estimate of drug-likeness (QED) is 0.783. The van der Waals surface area contributed by atoms with Crippen molar-refractivity contribution in [2.45, 2.75) is 45.6 Å². The first-order valence-electron chi connectivity index (χ1n) is 8.58. The number of carbonyl (C=O) groups excluding carboxylic acids is 1. The number of nitrogens with two attached hydrogens (primary N) is 1. The minimum atomic E-state index is -0.199. The Balaban J connectivity index is 1.85. The van der Waals surface area contributed by atoms with E-state index in [1.165, 1.54) is 24.8 Å². The van der Waals surface area contributed by atoms with Crippen molar-refractivity contribution in [3.05, 3.63) is 23.0 Å². The van der Waals surface area contributed by atoms with E-state index in [0.29, 0.717) is 5.92 Å². The molecule has 2 fully saturated rings. The first-order valence-corrected chi connectivity index (χ1v) is 8.58. The molecule has 1 atom stereocenters. The Morgan fingerprint density at radius 1 is 1.39 bits per heavy atom. The SMILES string of the molecule is CC(=O)N1CCN(C2=C(C=N)C(N)=CC(C3CC3)C2)CC1(C)C.